The number of hydrogen-bond donors (Lipinski definition) is 1. The molecule has 7 heteroatoms. The molecule has 0 fully saturated rings. The summed E-state index contributed by atoms with van der Waals surface area (Å²) < 4.78 is 5.26. The second-order valence-electron chi connectivity index (χ2n) is 4.07. The van der Waals surface area contributed by atoms with Crippen LogP contribution in [0.5, 0.6) is 5.75 Å². The van der Waals surface area contributed by atoms with E-state index in [1.807, 2.05) is 6.07 Å². The molecule has 0 heterocycles. The molecule has 0 aliphatic carbocycles. The molecule has 0 spiro atoms. The minimum atomic E-state index is -0.612. The maximum absolute atomic E-state index is 11.8. The molecule has 2 rings (SSSR count). The molecule has 0 unspecified atom stereocenters. The quantitative estimate of drug-likeness (QED) is 0.679. The van der Waals surface area contributed by atoms with E-state index in [9.17, 15) is 14.9 Å². The Balaban J connectivity index is 2.01. The molecule has 0 saturated heterocycles. The molecule has 0 bridgehead atoms. The standard InChI is InChI=1S/C14H11ClN2O4/c15-10-6-7-12(13(8-10)17(19)20)16-14(18)9-21-11-4-2-1-3-5-11/h1-8H,9H2,(H,16,18). The predicted molar refractivity (Wildman–Crippen MR) is 78.7 cm³/mol. The summed E-state index contributed by atoms with van der Waals surface area (Å²) in [6, 6.07) is 12.8. The van der Waals surface area contributed by atoms with Crippen LogP contribution < -0.4 is 10.1 Å². The zero-order valence-corrected chi connectivity index (χ0v) is 11.5. The van der Waals surface area contributed by atoms with Crippen molar-refractivity contribution in [3.05, 3.63) is 63.7 Å². The largest absolute Gasteiger partial charge is 0.484 e. The monoisotopic (exact) mass is 306 g/mol. The third-order valence-corrected chi connectivity index (χ3v) is 2.78. The van der Waals surface area contributed by atoms with Gasteiger partial charge in [-0.1, -0.05) is 29.8 Å². The Hall–Kier alpha value is -2.60. The van der Waals surface area contributed by atoms with Crippen LogP contribution in [0.3, 0.4) is 0 Å². The van der Waals surface area contributed by atoms with E-state index >= 15 is 0 Å². The van der Waals surface area contributed by atoms with E-state index in [0.29, 0.717) is 5.75 Å². The number of ether oxygens (including phenoxy) is 1. The van der Waals surface area contributed by atoms with Crippen molar-refractivity contribution in [2.45, 2.75) is 0 Å². The van der Waals surface area contributed by atoms with Crippen LogP contribution in [0.1, 0.15) is 0 Å². The van der Waals surface area contributed by atoms with Crippen molar-refractivity contribution in [2.75, 3.05) is 11.9 Å². The first-order valence-electron chi connectivity index (χ1n) is 5.98. The van der Waals surface area contributed by atoms with E-state index in [4.69, 9.17) is 16.3 Å². The number of anilines is 1. The zero-order valence-electron chi connectivity index (χ0n) is 10.8. The number of amides is 1. The van der Waals surface area contributed by atoms with Crippen molar-refractivity contribution in [1.29, 1.82) is 0 Å². The fraction of sp³-hybridized carbons (Fsp3) is 0.0714. The van der Waals surface area contributed by atoms with Gasteiger partial charge in [-0.05, 0) is 24.3 Å². The van der Waals surface area contributed by atoms with Crippen LogP contribution in [0.2, 0.25) is 5.02 Å². The lowest BCUT2D eigenvalue weighted by atomic mass is 10.2. The van der Waals surface area contributed by atoms with Crippen molar-refractivity contribution >= 4 is 28.9 Å². The summed E-state index contributed by atoms with van der Waals surface area (Å²) in [7, 11) is 0. The van der Waals surface area contributed by atoms with Gasteiger partial charge in [0.25, 0.3) is 11.6 Å². The van der Waals surface area contributed by atoms with Crippen LogP contribution >= 0.6 is 11.6 Å². The van der Waals surface area contributed by atoms with Gasteiger partial charge in [0.2, 0.25) is 0 Å². The Kier molecular flexibility index (Phi) is 4.73. The molecule has 0 atom stereocenters. The van der Waals surface area contributed by atoms with Gasteiger partial charge in [0.15, 0.2) is 6.61 Å². The molecule has 2 aromatic carbocycles. The minimum absolute atomic E-state index is 0.0751. The molecule has 0 saturated carbocycles. The lowest BCUT2D eigenvalue weighted by Crippen LogP contribution is -2.20. The average molecular weight is 307 g/mol. The highest BCUT2D eigenvalue weighted by Crippen LogP contribution is 2.27. The van der Waals surface area contributed by atoms with Crippen molar-refractivity contribution in [3.63, 3.8) is 0 Å². The second kappa shape index (κ2) is 6.71. The van der Waals surface area contributed by atoms with Gasteiger partial charge in [-0.15, -0.1) is 0 Å². The number of carbonyl (C=O) groups is 1. The van der Waals surface area contributed by atoms with Gasteiger partial charge in [-0.2, -0.15) is 0 Å². The molecule has 1 amide bonds. The number of nitro groups is 1. The van der Waals surface area contributed by atoms with E-state index in [1.165, 1.54) is 18.2 Å². The first-order chi connectivity index (χ1) is 10.1. The summed E-state index contributed by atoms with van der Waals surface area (Å²) in [6.07, 6.45) is 0. The van der Waals surface area contributed by atoms with Crippen LogP contribution in [0.25, 0.3) is 0 Å². The van der Waals surface area contributed by atoms with Crippen molar-refractivity contribution in [3.8, 4) is 5.75 Å². The van der Waals surface area contributed by atoms with E-state index in [0.717, 1.165) is 0 Å². The topological polar surface area (TPSA) is 81.5 Å². The molecular weight excluding hydrogens is 296 g/mol. The van der Waals surface area contributed by atoms with Crippen LogP contribution in [-0.2, 0) is 4.79 Å². The lowest BCUT2D eigenvalue weighted by molar-refractivity contribution is -0.383. The van der Waals surface area contributed by atoms with Gasteiger partial charge in [0, 0.05) is 11.1 Å². The van der Waals surface area contributed by atoms with Crippen LogP contribution in [0.4, 0.5) is 11.4 Å². The number of hydrogen-bond acceptors (Lipinski definition) is 4. The van der Waals surface area contributed by atoms with Crippen molar-refractivity contribution < 1.29 is 14.5 Å². The van der Waals surface area contributed by atoms with Gasteiger partial charge in [-0.3, -0.25) is 14.9 Å². The number of para-hydroxylation sites is 1. The summed E-state index contributed by atoms with van der Waals surface area (Å²) in [6.45, 7) is -0.246. The van der Waals surface area contributed by atoms with Gasteiger partial charge < -0.3 is 10.1 Å². The first-order valence-corrected chi connectivity index (χ1v) is 6.35. The molecule has 0 aliphatic rings. The smallest absolute Gasteiger partial charge is 0.294 e. The highest BCUT2D eigenvalue weighted by atomic mass is 35.5. The Morgan fingerprint density at radius 1 is 1.24 bits per heavy atom. The summed E-state index contributed by atoms with van der Waals surface area (Å²) in [5.41, 5.74) is -0.193. The maximum atomic E-state index is 11.8. The number of benzene rings is 2. The highest BCUT2D eigenvalue weighted by molar-refractivity contribution is 6.31. The van der Waals surface area contributed by atoms with E-state index in [2.05, 4.69) is 5.32 Å². The van der Waals surface area contributed by atoms with Gasteiger partial charge in [0.1, 0.15) is 11.4 Å². The fourth-order valence-corrected chi connectivity index (χ4v) is 1.78. The van der Waals surface area contributed by atoms with Gasteiger partial charge >= 0.3 is 0 Å². The number of nitro benzene ring substituents is 1. The second-order valence-corrected chi connectivity index (χ2v) is 4.50. The van der Waals surface area contributed by atoms with Crippen molar-refractivity contribution in [1.82, 2.24) is 0 Å². The van der Waals surface area contributed by atoms with Crippen LogP contribution in [-0.4, -0.2) is 17.4 Å². The predicted octanol–water partition coefficient (Wildman–Crippen LogP) is 3.27. The third kappa shape index (κ3) is 4.19. The first kappa shape index (κ1) is 14.8. The Labute approximate surface area is 125 Å². The number of nitrogens with zero attached hydrogens (tertiary/aromatic N) is 1. The van der Waals surface area contributed by atoms with Crippen LogP contribution in [0, 0.1) is 10.1 Å². The summed E-state index contributed by atoms with van der Waals surface area (Å²) >= 11 is 5.70. The molecule has 6 nitrogen and oxygen atoms in total. The highest BCUT2D eigenvalue weighted by Gasteiger charge is 2.16. The average Bonchev–Trinajstić information content (AvgIpc) is 2.48. The molecule has 2 aromatic rings. The number of nitrogens with one attached hydrogen (secondary N) is 1. The summed E-state index contributed by atoms with van der Waals surface area (Å²) in [5.74, 6) is 0.0440. The maximum Gasteiger partial charge on any atom is 0.294 e. The molecule has 21 heavy (non-hydrogen) atoms. The minimum Gasteiger partial charge on any atom is -0.484 e. The number of halogens is 1. The van der Waals surface area contributed by atoms with Gasteiger partial charge in [-0.25, -0.2) is 0 Å². The number of rotatable bonds is 5. The summed E-state index contributed by atoms with van der Waals surface area (Å²) in [5, 5.41) is 13.5. The lowest BCUT2D eigenvalue weighted by Gasteiger charge is -2.08. The van der Waals surface area contributed by atoms with Crippen molar-refractivity contribution in [2.24, 2.45) is 0 Å². The van der Waals surface area contributed by atoms with E-state index in [1.54, 1.807) is 24.3 Å². The Morgan fingerprint density at radius 3 is 2.62 bits per heavy atom. The molecule has 1 N–H and O–H groups in total. The molecule has 108 valence electrons. The van der Waals surface area contributed by atoms with E-state index in [-0.39, 0.29) is 23.0 Å². The van der Waals surface area contributed by atoms with E-state index < -0.39 is 10.8 Å². The fourth-order valence-electron chi connectivity index (χ4n) is 1.61. The molecule has 0 radical (unpaired) electrons. The molecule has 0 aromatic heterocycles. The summed E-state index contributed by atoms with van der Waals surface area (Å²) in [4.78, 5) is 22.0. The number of carbonyl (C=O) groups excluding carboxylic acids is 1. The normalized spacial score (nSPS) is 9.95. The molecule has 0 aliphatic heterocycles. The molecular formula is C14H11ClN2O4. The van der Waals surface area contributed by atoms with Gasteiger partial charge in [0.05, 0.1) is 4.92 Å². The third-order valence-electron chi connectivity index (χ3n) is 2.54. The van der Waals surface area contributed by atoms with Crippen LogP contribution in [0.15, 0.2) is 48.5 Å². The Bertz CT molecular complexity index is 661. The Morgan fingerprint density at radius 2 is 1.95 bits per heavy atom. The zero-order chi connectivity index (χ0) is 15.2. The SMILES string of the molecule is O=C(COc1ccccc1)Nc1ccc(Cl)cc1[N+](=O)[O-].